The highest BCUT2D eigenvalue weighted by atomic mass is 32.2. The van der Waals surface area contributed by atoms with E-state index >= 15 is 0 Å². The van der Waals surface area contributed by atoms with Gasteiger partial charge in [0.25, 0.3) is 0 Å². The van der Waals surface area contributed by atoms with Gasteiger partial charge in [-0.1, -0.05) is 6.07 Å². The van der Waals surface area contributed by atoms with Gasteiger partial charge in [0.2, 0.25) is 10.0 Å². The fourth-order valence-corrected chi connectivity index (χ4v) is 3.43. The topological polar surface area (TPSA) is 69.6 Å². The summed E-state index contributed by atoms with van der Waals surface area (Å²) in [5, 5.41) is 12.5. The van der Waals surface area contributed by atoms with Crippen molar-refractivity contribution in [3.8, 4) is 5.75 Å². The minimum absolute atomic E-state index is 0.0212. The Morgan fingerprint density at radius 2 is 1.80 bits per heavy atom. The van der Waals surface area contributed by atoms with E-state index in [1.807, 2.05) is 6.92 Å². The second-order valence-corrected chi connectivity index (χ2v) is 7.71. The molecule has 25 heavy (non-hydrogen) atoms. The molecule has 1 atom stereocenters. The van der Waals surface area contributed by atoms with Gasteiger partial charge >= 0.3 is 0 Å². The minimum Gasteiger partial charge on any atom is -0.505 e. The molecule has 0 aromatic heterocycles. The first kappa shape index (κ1) is 19.3. The zero-order chi connectivity index (χ0) is 18.6. The fourth-order valence-electron chi connectivity index (χ4n) is 2.26. The number of hydrogen-bond donors (Lipinski definition) is 2. The monoisotopic (exact) mass is 370 g/mol. The molecule has 0 bridgehead atoms. The number of phenolic OH excluding ortho intramolecular Hbond substituents is 1. The van der Waals surface area contributed by atoms with Gasteiger partial charge in [-0.2, -0.15) is 4.31 Å². The average molecular weight is 370 g/mol. The lowest BCUT2D eigenvalue weighted by Crippen LogP contribution is -2.34. The van der Waals surface area contributed by atoms with Gasteiger partial charge in [-0.15, -0.1) is 0 Å². The van der Waals surface area contributed by atoms with Crippen molar-refractivity contribution in [1.82, 2.24) is 9.62 Å². The molecule has 0 spiro atoms. The summed E-state index contributed by atoms with van der Waals surface area (Å²) in [6.45, 7) is 2.36. The molecule has 136 valence electrons. The lowest BCUT2D eigenvalue weighted by atomic mass is 10.1. The zero-order valence-corrected chi connectivity index (χ0v) is 14.7. The van der Waals surface area contributed by atoms with E-state index in [0.29, 0.717) is 12.1 Å². The maximum absolute atomic E-state index is 13.1. The van der Waals surface area contributed by atoms with Gasteiger partial charge in [0.05, 0.1) is 4.90 Å². The molecule has 2 aromatic rings. The molecule has 0 radical (unpaired) electrons. The summed E-state index contributed by atoms with van der Waals surface area (Å²) in [5.74, 6) is -1.62. The Morgan fingerprint density at radius 1 is 1.16 bits per heavy atom. The normalized spacial score (nSPS) is 13.2. The molecule has 2 N–H and O–H groups in total. The minimum atomic E-state index is -3.69. The summed E-state index contributed by atoms with van der Waals surface area (Å²) in [7, 11) is -2.25. The Balaban J connectivity index is 1.94. The van der Waals surface area contributed by atoms with Gasteiger partial charge in [0, 0.05) is 26.2 Å². The van der Waals surface area contributed by atoms with Crippen LogP contribution in [0.2, 0.25) is 0 Å². The molecule has 0 heterocycles. The third-order valence-corrected chi connectivity index (χ3v) is 5.74. The van der Waals surface area contributed by atoms with Gasteiger partial charge in [-0.25, -0.2) is 17.2 Å². The molecule has 0 aliphatic heterocycles. The average Bonchev–Trinajstić information content (AvgIpc) is 2.57. The van der Waals surface area contributed by atoms with Crippen LogP contribution in [0.3, 0.4) is 0 Å². The Bertz CT molecular complexity index is 826. The van der Waals surface area contributed by atoms with Crippen LogP contribution in [-0.2, 0) is 10.0 Å². The lowest BCUT2D eigenvalue weighted by molar-refractivity contribution is 0.427. The summed E-state index contributed by atoms with van der Waals surface area (Å²) in [4.78, 5) is 0.0212. The molecule has 1 unspecified atom stereocenters. The smallest absolute Gasteiger partial charge is 0.242 e. The largest absolute Gasteiger partial charge is 0.505 e. The van der Waals surface area contributed by atoms with Crippen molar-refractivity contribution >= 4 is 10.0 Å². The summed E-state index contributed by atoms with van der Waals surface area (Å²) >= 11 is 0. The number of nitrogens with zero attached hydrogens (tertiary/aromatic N) is 1. The van der Waals surface area contributed by atoms with Crippen LogP contribution in [0, 0.1) is 11.6 Å². The van der Waals surface area contributed by atoms with Gasteiger partial charge < -0.3 is 10.4 Å². The van der Waals surface area contributed by atoms with Crippen molar-refractivity contribution in [2.45, 2.75) is 17.9 Å². The standard InChI is InChI=1S/C17H20F2N2O3S/c1-12(13-3-8-16(19)17(22)11-13)20-9-10-21(2)25(23,24)15-6-4-14(18)5-7-15/h3-8,11-12,20,22H,9-10H2,1-2H3. The van der Waals surface area contributed by atoms with Crippen LogP contribution in [0.1, 0.15) is 18.5 Å². The van der Waals surface area contributed by atoms with Crippen LogP contribution < -0.4 is 5.32 Å². The third kappa shape index (κ3) is 4.75. The van der Waals surface area contributed by atoms with E-state index in [1.165, 1.54) is 35.6 Å². The number of likely N-dealkylation sites (N-methyl/N-ethyl adjacent to an activating group) is 1. The molecule has 2 aromatic carbocycles. The van der Waals surface area contributed by atoms with E-state index < -0.39 is 27.4 Å². The quantitative estimate of drug-likeness (QED) is 0.786. The first-order valence-corrected chi connectivity index (χ1v) is 9.09. The first-order valence-electron chi connectivity index (χ1n) is 7.65. The van der Waals surface area contributed by atoms with Gasteiger partial charge in [-0.05, 0) is 48.9 Å². The van der Waals surface area contributed by atoms with Gasteiger partial charge in [-0.3, -0.25) is 0 Å². The molecule has 5 nitrogen and oxygen atoms in total. The van der Waals surface area contributed by atoms with Crippen molar-refractivity contribution < 1.29 is 22.3 Å². The maximum atomic E-state index is 13.1. The van der Waals surface area contributed by atoms with Gasteiger partial charge in [0.15, 0.2) is 11.6 Å². The van der Waals surface area contributed by atoms with E-state index in [1.54, 1.807) is 6.07 Å². The van der Waals surface area contributed by atoms with Crippen LogP contribution in [0.5, 0.6) is 5.75 Å². The van der Waals surface area contributed by atoms with Crippen molar-refractivity contribution in [3.05, 3.63) is 59.7 Å². The highest BCUT2D eigenvalue weighted by molar-refractivity contribution is 7.89. The predicted octanol–water partition coefficient (Wildman–Crippen LogP) is 2.64. The molecule has 2 rings (SSSR count). The summed E-state index contributed by atoms with van der Waals surface area (Å²) < 4.78 is 51.9. The second kappa shape index (κ2) is 7.90. The van der Waals surface area contributed by atoms with E-state index in [9.17, 15) is 22.3 Å². The number of nitrogens with one attached hydrogen (secondary N) is 1. The third-order valence-electron chi connectivity index (χ3n) is 3.87. The molecular formula is C17H20F2N2O3S. The summed E-state index contributed by atoms with van der Waals surface area (Å²) in [6, 6.07) is 8.49. The molecule has 0 saturated heterocycles. The number of sulfonamides is 1. The predicted molar refractivity (Wildman–Crippen MR) is 90.7 cm³/mol. The Labute approximate surface area is 146 Å². The van der Waals surface area contributed by atoms with E-state index in [0.717, 1.165) is 12.1 Å². The SMILES string of the molecule is CC(NCCN(C)S(=O)(=O)c1ccc(F)cc1)c1ccc(F)c(O)c1. The maximum Gasteiger partial charge on any atom is 0.242 e. The molecule has 0 saturated carbocycles. The fraction of sp³-hybridized carbons (Fsp3) is 0.294. The molecule has 0 amide bonds. The van der Waals surface area contributed by atoms with Crippen molar-refractivity contribution in [2.24, 2.45) is 0 Å². The van der Waals surface area contributed by atoms with E-state index in [4.69, 9.17) is 0 Å². The highest BCUT2D eigenvalue weighted by Crippen LogP contribution is 2.21. The Morgan fingerprint density at radius 3 is 2.40 bits per heavy atom. The first-order chi connectivity index (χ1) is 11.7. The van der Waals surface area contributed by atoms with Crippen LogP contribution in [0.15, 0.2) is 47.4 Å². The molecule has 8 heteroatoms. The van der Waals surface area contributed by atoms with Crippen molar-refractivity contribution in [2.75, 3.05) is 20.1 Å². The number of hydrogen-bond acceptors (Lipinski definition) is 4. The summed E-state index contributed by atoms with van der Waals surface area (Å²) in [5.41, 5.74) is 0.683. The molecule has 0 fully saturated rings. The second-order valence-electron chi connectivity index (χ2n) is 5.67. The number of aromatic hydroxyl groups is 1. The van der Waals surface area contributed by atoms with Crippen molar-refractivity contribution in [1.29, 1.82) is 0 Å². The number of benzene rings is 2. The summed E-state index contributed by atoms with van der Waals surface area (Å²) in [6.07, 6.45) is 0. The van der Waals surface area contributed by atoms with Gasteiger partial charge in [0.1, 0.15) is 5.82 Å². The van der Waals surface area contributed by atoms with E-state index in [-0.39, 0.29) is 17.5 Å². The molecular weight excluding hydrogens is 350 g/mol. The van der Waals surface area contributed by atoms with E-state index in [2.05, 4.69) is 5.32 Å². The van der Waals surface area contributed by atoms with Crippen LogP contribution >= 0.6 is 0 Å². The van der Waals surface area contributed by atoms with Crippen LogP contribution in [0.25, 0.3) is 0 Å². The highest BCUT2D eigenvalue weighted by Gasteiger charge is 2.20. The number of phenols is 1. The Hall–Kier alpha value is -2.03. The number of rotatable bonds is 7. The van der Waals surface area contributed by atoms with Crippen LogP contribution in [0.4, 0.5) is 8.78 Å². The number of halogens is 2. The lowest BCUT2D eigenvalue weighted by Gasteiger charge is -2.20. The molecule has 0 aliphatic carbocycles. The van der Waals surface area contributed by atoms with Crippen LogP contribution in [-0.4, -0.2) is 38.0 Å². The Kier molecular flexibility index (Phi) is 6.10. The zero-order valence-electron chi connectivity index (χ0n) is 13.9. The molecule has 0 aliphatic rings. The van der Waals surface area contributed by atoms with Crippen molar-refractivity contribution in [3.63, 3.8) is 0 Å².